The molecule has 88 valence electrons. The molecule has 2 N–H and O–H groups in total. The van der Waals surface area contributed by atoms with Crippen molar-refractivity contribution in [2.45, 2.75) is 25.4 Å². The molecule has 2 rings (SSSR count). The summed E-state index contributed by atoms with van der Waals surface area (Å²) in [5.74, 6) is 0.531. The number of aromatic hydroxyl groups is 1. The molecule has 1 saturated heterocycles. The lowest BCUT2D eigenvalue weighted by Crippen LogP contribution is -2.21. The smallest absolute Gasteiger partial charge is 0.133 e. The van der Waals surface area contributed by atoms with Crippen molar-refractivity contribution >= 4 is 0 Å². The summed E-state index contributed by atoms with van der Waals surface area (Å²) in [6.07, 6.45) is 1.56. The van der Waals surface area contributed by atoms with Crippen LogP contribution in [0.3, 0.4) is 0 Å². The van der Waals surface area contributed by atoms with Crippen molar-refractivity contribution in [1.82, 2.24) is 5.32 Å². The van der Waals surface area contributed by atoms with Crippen molar-refractivity contribution in [2.75, 3.05) is 13.1 Å². The molecule has 3 heteroatoms. The average Bonchev–Trinajstić information content (AvgIpc) is 2.70. The van der Waals surface area contributed by atoms with Crippen molar-refractivity contribution in [3.63, 3.8) is 0 Å². The molecular formula is C13H18FNO. The van der Waals surface area contributed by atoms with E-state index in [1.54, 1.807) is 25.1 Å². The van der Waals surface area contributed by atoms with Crippen molar-refractivity contribution in [3.05, 3.63) is 29.8 Å². The minimum Gasteiger partial charge on any atom is -0.508 e. The number of alkyl halides is 1. The fourth-order valence-electron chi connectivity index (χ4n) is 2.38. The van der Waals surface area contributed by atoms with Gasteiger partial charge in [0, 0.05) is 0 Å². The van der Waals surface area contributed by atoms with E-state index in [4.69, 9.17) is 0 Å². The second-order valence-electron chi connectivity index (χ2n) is 4.81. The van der Waals surface area contributed by atoms with Crippen LogP contribution in [-0.2, 0) is 5.67 Å². The number of halogens is 1. The van der Waals surface area contributed by atoms with Crippen LogP contribution >= 0.6 is 0 Å². The van der Waals surface area contributed by atoms with E-state index in [2.05, 4.69) is 5.32 Å². The van der Waals surface area contributed by atoms with Gasteiger partial charge >= 0.3 is 0 Å². The Morgan fingerprint density at radius 2 is 2.38 bits per heavy atom. The van der Waals surface area contributed by atoms with Crippen molar-refractivity contribution in [2.24, 2.45) is 5.92 Å². The number of phenolic OH excluding ortho intramolecular Hbond substituents is 1. The van der Waals surface area contributed by atoms with E-state index in [1.165, 1.54) is 6.07 Å². The maximum atomic E-state index is 14.5. The van der Waals surface area contributed by atoms with E-state index in [-0.39, 0.29) is 5.75 Å². The van der Waals surface area contributed by atoms with Crippen LogP contribution in [0.4, 0.5) is 4.39 Å². The third-order valence-corrected chi connectivity index (χ3v) is 3.28. The lowest BCUT2D eigenvalue weighted by molar-refractivity contribution is 0.149. The van der Waals surface area contributed by atoms with Gasteiger partial charge in [0.25, 0.3) is 0 Å². The summed E-state index contributed by atoms with van der Waals surface area (Å²) in [5, 5.41) is 12.6. The molecule has 2 nitrogen and oxygen atoms in total. The molecule has 0 aromatic heterocycles. The predicted octanol–water partition coefficient (Wildman–Crippen LogP) is 2.58. The third-order valence-electron chi connectivity index (χ3n) is 3.28. The summed E-state index contributed by atoms with van der Waals surface area (Å²) in [6, 6.07) is 6.51. The SMILES string of the molecule is CC(F)(CC1CCNC1)c1cccc(O)c1. The molecule has 1 aliphatic heterocycles. The van der Waals surface area contributed by atoms with Gasteiger partial charge in [-0.1, -0.05) is 12.1 Å². The van der Waals surface area contributed by atoms with Gasteiger partial charge in [0.2, 0.25) is 0 Å². The van der Waals surface area contributed by atoms with E-state index in [0.717, 1.165) is 19.5 Å². The van der Waals surface area contributed by atoms with Crippen LogP contribution in [0.5, 0.6) is 5.75 Å². The molecule has 1 aliphatic rings. The second kappa shape index (κ2) is 4.42. The topological polar surface area (TPSA) is 32.3 Å². The molecule has 1 aromatic rings. The van der Waals surface area contributed by atoms with Gasteiger partial charge in [-0.3, -0.25) is 0 Å². The first kappa shape index (κ1) is 11.4. The standard InChI is InChI=1S/C13H18FNO/c1-13(14,8-10-5-6-15-9-10)11-3-2-4-12(16)7-11/h2-4,7,10,15-16H,5-6,8-9H2,1H3. The van der Waals surface area contributed by atoms with E-state index in [9.17, 15) is 9.50 Å². The zero-order chi connectivity index (χ0) is 11.6. The van der Waals surface area contributed by atoms with Crippen LogP contribution in [0.1, 0.15) is 25.3 Å². The van der Waals surface area contributed by atoms with Gasteiger partial charge in [0.05, 0.1) is 0 Å². The molecule has 2 unspecified atom stereocenters. The largest absolute Gasteiger partial charge is 0.508 e. The monoisotopic (exact) mass is 223 g/mol. The molecule has 0 saturated carbocycles. The van der Waals surface area contributed by atoms with Crippen molar-refractivity contribution in [3.8, 4) is 5.75 Å². The number of hydrogen-bond acceptors (Lipinski definition) is 2. The van der Waals surface area contributed by atoms with Crippen molar-refractivity contribution in [1.29, 1.82) is 0 Å². The normalized spacial score (nSPS) is 24.2. The van der Waals surface area contributed by atoms with Crippen LogP contribution in [-0.4, -0.2) is 18.2 Å². The van der Waals surface area contributed by atoms with Gasteiger partial charge in [-0.05, 0) is 56.5 Å². The van der Waals surface area contributed by atoms with E-state index < -0.39 is 5.67 Å². The summed E-state index contributed by atoms with van der Waals surface area (Å²) >= 11 is 0. The first-order valence-corrected chi connectivity index (χ1v) is 5.77. The fourth-order valence-corrected chi connectivity index (χ4v) is 2.38. The Balaban J connectivity index is 2.10. The number of rotatable bonds is 3. The van der Waals surface area contributed by atoms with E-state index in [1.807, 2.05) is 0 Å². The van der Waals surface area contributed by atoms with Crippen molar-refractivity contribution < 1.29 is 9.50 Å². The molecule has 0 spiro atoms. The number of benzene rings is 1. The zero-order valence-corrected chi connectivity index (χ0v) is 9.54. The van der Waals surface area contributed by atoms with Crippen LogP contribution in [0.2, 0.25) is 0 Å². The molecule has 1 aromatic carbocycles. The lowest BCUT2D eigenvalue weighted by Gasteiger charge is -2.24. The number of phenols is 1. The highest BCUT2D eigenvalue weighted by atomic mass is 19.1. The molecule has 2 atom stereocenters. The lowest BCUT2D eigenvalue weighted by atomic mass is 9.87. The first-order valence-electron chi connectivity index (χ1n) is 5.77. The van der Waals surface area contributed by atoms with Gasteiger partial charge in [0.1, 0.15) is 11.4 Å². The third kappa shape index (κ3) is 2.53. The van der Waals surface area contributed by atoms with Gasteiger partial charge in [-0.15, -0.1) is 0 Å². The van der Waals surface area contributed by atoms with Gasteiger partial charge in [-0.25, -0.2) is 4.39 Å². The Morgan fingerprint density at radius 3 is 3.00 bits per heavy atom. The van der Waals surface area contributed by atoms with Crippen LogP contribution < -0.4 is 5.32 Å². The Kier molecular flexibility index (Phi) is 3.15. The van der Waals surface area contributed by atoms with Gasteiger partial charge in [0.15, 0.2) is 0 Å². The zero-order valence-electron chi connectivity index (χ0n) is 9.54. The van der Waals surface area contributed by atoms with Crippen LogP contribution in [0, 0.1) is 5.92 Å². The Bertz CT molecular complexity index is 359. The predicted molar refractivity (Wildman–Crippen MR) is 62.2 cm³/mol. The summed E-state index contributed by atoms with van der Waals surface area (Å²) in [5.41, 5.74) is -0.783. The maximum absolute atomic E-state index is 14.5. The molecule has 0 amide bonds. The number of nitrogens with one attached hydrogen (secondary N) is 1. The Morgan fingerprint density at radius 1 is 1.56 bits per heavy atom. The Hall–Kier alpha value is -1.09. The van der Waals surface area contributed by atoms with E-state index in [0.29, 0.717) is 17.9 Å². The van der Waals surface area contributed by atoms with Gasteiger partial charge < -0.3 is 10.4 Å². The summed E-state index contributed by atoms with van der Waals surface area (Å²) in [6.45, 7) is 3.49. The molecule has 0 radical (unpaired) electrons. The highest BCUT2D eigenvalue weighted by Crippen LogP contribution is 2.35. The highest BCUT2D eigenvalue weighted by molar-refractivity contribution is 5.31. The molecular weight excluding hydrogens is 205 g/mol. The molecule has 16 heavy (non-hydrogen) atoms. The summed E-state index contributed by atoms with van der Waals surface area (Å²) < 4.78 is 14.5. The molecule has 0 aliphatic carbocycles. The fraction of sp³-hybridized carbons (Fsp3) is 0.538. The van der Waals surface area contributed by atoms with E-state index >= 15 is 0 Å². The quantitative estimate of drug-likeness (QED) is 0.825. The number of hydrogen-bond donors (Lipinski definition) is 2. The highest BCUT2D eigenvalue weighted by Gasteiger charge is 2.31. The maximum Gasteiger partial charge on any atom is 0.133 e. The Labute approximate surface area is 95.5 Å². The molecule has 1 fully saturated rings. The second-order valence-corrected chi connectivity index (χ2v) is 4.81. The molecule has 0 bridgehead atoms. The average molecular weight is 223 g/mol. The van der Waals surface area contributed by atoms with Crippen LogP contribution in [0.25, 0.3) is 0 Å². The van der Waals surface area contributed by atoms with Gasteiger partial charge in [-0.2, -0.15) is 0 Å². The molecule has 1 heterocycles. The first-order chi connectivity index (χ1) is 7.58. The minimum absolute atomic E-state index is 0.130. The summed E-state index contributed by atoms with van der Waals surface area (Å²) in [4.78, 5) is 0. The van der Waals surface area contributed by atoms with Crippen LogP contribution in [0.15, 0.2) is 24.3 Å². The summed E-state index contributed by atoms with van der Waals surface area (Å²) in [7, 11) is 0. The minimum atomic E-state index is -1.35.